The molecular weight excluding hydrogens is 294 g/mol. The number of guanidine groups is 1. The average Bonchev–Trinajstić information content (AvgIpc) is 2.82. The molecule has 0 unspecified atom stereocenters. The molecule has 0 bridgehead atoms. The molecule has 1 aromatic heterocycles. The van der Waals surface area contributed by atoms with Crippen molar-refractivity contribution in [2.45, 2.75) is 26.8 Å². The minimum absolute atomic E-state index is 0.108. The van der Waals surface area contributed by atoms with E-state index in [0.717, 1.165) is 13.0 Å². The number of nitrogens with zero attached hydrogens (tertiary/aromatic N) is 1. The maximum absolute atomic E-state index is 11.1. The Bertz CT molecular complexity index is 536. The summed E-state index contributed by atoms with van der Waals surface area (Å²) in [7, 11) is -2.95. The van der Waals surface area contributed by atoms with E-state index in [1.807, 2.05) is 6.92 Å². The number of rotatable bonds is 7. The van der Waals surface area contributed by atoms with E-state index in [0.29, 0.717) is 19.0 Å². The Morgan fingerprint density at radius 1 is 1.25 bits per heavy atom. The zero-order valence-electron chi connectivity index (χ0n) is 12.3. The molecule has 0 aliphatic heterocycles. The van der Waals surface area contributed by atoms with Crippen LogP contribution in [0.15, 0.2) is 17.1 Å². The fourth-order valence-corrected chi connectivity index (χ4v) is 2.91. The molecule has 0 aliphatic carbocycles. The van der Waals surface area contributed by atoms with Crippen molar-refractivity contribution in [2.24, 2.45) is 4.99 Å². The Kier molecular flexibility index (Phi) is 7.01. The molecule has 0 radical (unpaired) electrons. The van der Waals surface area contributed by atoms with Gasteiger partial charge in [-0.25, -0.2) is 13.4 Å². The first-order valence-electron chi connectivity index (χ1n) is 6.72. The van der Waals surface area contributed by atoms with Crippen molar-refractivity contribution in [1.29, 1.82) is 0 Å². The molecule has 0 atom stereocenters. The van der Waals surface area contributed by atoms with E-state index in [1.165, 1.54) is 16.0 Å². The monoisotopic (exact) mass is 317 g/mol. The summed E-state index contributed by atoms with van der Waals surface area (Å²) >= 11 is 1.76. The summed E-state index contributed by atoms with van der Waals surface area (Å²) in [6.07, 6.45) is 2.28. The average molecular weight is 317 g/mol. The van der Waals surface area contributed by atoms with Crippen LogP contribution in [0.5, 0.6) is 0 Å². The van der Waals surface area contributed by atoms with Gasteiger partial charge in [0.05, 0.1) is 12.3 Å². The Hall–Kier alpha value is -1.08. The van der Waals surface area contributed by atoms with Gasteiger partial charge >= 0.3 is 0 Å². The van der Waals surface area contributed by atoms with Crippen molar-refractivity contribution < 1.29 is 8.42 Å². The SMILES string of the molecule is CCNC(=NCc1ccc(CC)s1)NCCS(C)(=O)=O. The van der Waals surface area contributed by atoms with E-state index >= 15 is 0 Å². The lowest BCUT2D eigenvalue weighted by Crippen LogP contribution is -2.39. The Morgan fingerprint density at radius 3 is 2.50 bits per heavy atom. The Balaban J connectivity index is 2.53. The molecular formula is C13H23N3O2S2. The van der Waals surface area contributed by atoms with Crippen molar-refractivity contribution >= 4 is 27.1 Å². The first-order valence-corrected chi connectivity index (χ1v) is 9.59. The molecule has 1 aromatic rings. The van der Waals surface area contributed by atoms with Crippen LogP contribution < -0.4 is 10.6 Å². The van der Waals surface area contributed by atoms with Crippen LogP contribution >= 0.6 is 11.3 Å². The molecule has 7 heteroatoms. The summed E-state index contributed by atoms with van der Waals surface area (Å²) in [5, 5.41) is 6.14. The van der Waals surface area contributed by atoms with Crippen molar-refractivity contribution in [1.82, 2.24) is 10.6 Å². The summed E-state index contributed by atoms with van der Waals surface area (Å²) in [6.45, 7) is 5.84. The van der Waals surface area contributed by atoms with E-state index < -0.39 is 9.84 Å². The molecule has 0 saturated carbocycles. The fourth-order valence-electron chi connectivity index (χ4n) is 1.55. The maximum atomic E-state index is 11.1. The van der Waals surface area contributed by atoms with Gasteiger partial charge in [-0.2, -0.15) is 0 Å². The Labute approximate surface area is 125 Å². The van der Waals surface area contributed by atoms with Gasteiger partial charge in [-0.15, -0.1) is 11.3 Å². The third-order valence-electron chi connectivity index (χ3n) is 2.57. The number of nitrogens with one attached hydrogen (secondary N) is 2. The van der Waals surface area contributed by atoms with Crippen LogP contribution in [0.2, 0.25) is 0 Å². The third-order valence-corrected chi connectivity index (χ3v) is 4.73. The van der Waals surface area contributed by atoms with Gasteiger partial charge in [0.1, 0.15) is 9.84 Å². The lowest BCUT2D eigenvalue weighted by atomic mass is 10.4. The fraction of sp³-hybridized carbons (Fsp3) is 0.615. The molecule has 2 N–H and O–H groups in total. The molecule has 0 fully saturated rings. The topological polar surface area (TPSA) is 70.6 Å². The van der Waals surface area contributed by atoms with E-state index in [-0.39, 0.29) is 5.75 Å². The quantitative estimate of drug-likeness (QED) is 0.589. The van der Waals surface area contributed by atoms with Crippen molar-refractivity contribution in [3.8, 4) is 0 Å². The van der Waals surface area contributed by atoms with E-state index in [4.69, 9.17) is 0 Å². The second kappa shape index (κ2) is 8.26. The van der Waals surface area contributed by atoms with E-state index in [2.05, 4.69) is 34.7 Å². The predicted octanol–water partition coefficient (Wildman–Crippen LogP) is 1.41. The highest BCUT2D eigenvalue weighted by molar-refractivity contribution is 7.90. The molecule has 5 nitrogen and oxygen atoms in total. The van der Waals surface area contributed by atoms with Gasteiger partial charge in [-0.05, 0) is 25.5 Å². The minimum Gasteiger partial charge on any atom is -0.357 e. The smallest absolute Gasteiger partial charge is 0.191 e. The van der Waals surface area contributed by atoms with Gasteiger partial charge in [-0.3, -0.25) is 0 Å². The van der Waals surface area contributed by atoms with Gasteiger partial charge in [-0.1, -0.05) is 6.92 Å². The molecule has 1 rings (SSSR count). The molecule has 114 valence electrons. The number of sulfone groups is 1. The first kappa shape index (κ1) is 17.0. The van der Waals surface area contributed by atoms with Gasteiger partial charge in [0, 0.05) is 29.1 Å². The summed E-state index contributed by atoms with van der Waals surface area (Å²) in [5.41, 5.74) is 0. The van der Waals surface area contributed by atoms with E-state index in [1.54, 1.807) is 11.3 Å². The highest BCUT2D eigenvalue weighted by Crippen LogP contribution is 2.17. The Morgan fingerprint density at radius 2 is 1.95 bits per heavy atom. The van der Waals surface area contributed by atoms with Crippen LogP contribution in [0.3, 0.4) is 0 Å². The zero-order chi connectivity index (χ0) is 15.0. The number of hydrogen-bond donors (Lipinski definition) is 2. The summed E-state index contributed by atoms with van der Waals surface area (Å²) in [5.74, 6) is 0.763. The molecule has 0 saturated heterocycles. The molecule has 0 spiro atoms. The lowest BCUT2D eigenvalue weighted by molar-refractivity contribution is 0.600. The van der Waals surface area contributed by atoms with Crippen LogP contribution in [0.4, 0.5) is 0 Å². The molecule has 0 aliphatic rings. The summed E-state index contributed by atoms with van der Waals surface area (Å²) in [6, 6.07) is 4.21. The summed E-state index contributed by atoms with van der Waals surface area (Å²) < 4.78 is 22.2. The second-order valence-corrected chi connectivity index (χ2v) is 7.99. The molecule has 0 amide bonds. The summed E-state index contributed by atoms with van der Waals surface area (Å²) in [4.78, 5) is 7.02. The van der Waals surface area contributed by atoms with Gasteiger partial charge in [0.25, 0.3) is 0 Å². The number of aliphatic imine (C=N–C) groups is 1. The predicted molar refractivity (Wildman–Crippen MR) is 86.2 cm³/mol. The largest absolute Gasteiger partial charge is 0.357 e. The lowest BCUT2D eigenvalue weighted by Gasteiger charge is -2.10. The van der Waals surface area contributed by atoms with Crippen LogP contribution in [0, 0.1) is 0 Å². The number of thiophene rings is 1. The van der Waals surface area contributed by atoms with Crippen LogP contribution in [-0.4, -0.2) is 39.5 Å². The standard InChI is InChI=1S/C13H23N3O2S2/c1-4-11-6-7-12(19-11)10-16-13(14-5-2)15-8-9-20(3,17)18/h6-7H,4-5,8-10H2,1-3H3,(H2,14,15,16). The molecule has 0 aromatic carbocycles. The molecule has 20 heavy (non-hydrogen) atoms. The van der Waals surface area contributed by atoms with Gasteiger partial charge in [0.2, 0.25) is 0 Å². The third kappa shape index (κ3) is 6.91. The van der Waals surface area contributed by atoms with Crippen LogP contribution in [0.1, 0.15) is 23.6 Å². The van der Waals surface area contributed by atoms with Crippen LogP contribution in [0.25, 0.3) is 0 Å². The first-order chi connectivity index (χ1) is 9.44. The number of aryl methyl sites for hydroxylation is 1. The van der Waals surface area contributed by atoms with Gasteiger partial charge < -0.3 is 10.6 Å². The zero-order valence-corrected chi connectivity index (χ0v) is 13.9. The van der Waals surface area contributed by atoms with E-state index in [9.17, 15) is 8.42 Å². The van der Waals surface area contributed by atoms with Crippen molar-refractivity contribution in [3.63, 3.8) is 0 Å². The second-order valence-electron chi connectivity index (χ2n) is 4.47. The minimum atomic E-state index is -2.95. The van der Waals surface area contributed by atoms with Crippen LogP contribution in [-0.2, 0) is 22.8 Å². The highest BCUT2D eigenvalue weighted by atomic mass is 32.2. The maximum Gasteiger partial charge on any atom is 0.191 e. The molecule has 1 heterocycles. The van der Waals surface area contributed by atoms with Crippen molar-refractivity contribution in [3.05, 3.63) is 21.9 Å². The van der Waals surface area contributed by atoms with Crippen molar-refractivity contribution in [2.75, 3.05) is 25.1 Å². The normalized spacial score (nSPS) is 12.4. The highest BCUT2D eigenvalue weighted by Gasteiger charge is 2.03. The number of hydrogen-bond acceptors (Lipinski definition) is 4. The van der Waals surface area contributed by atoms with Gasteiger partial charge in [0.15, 0.2) is 5.96 Å².